The van der Waals surface area contributed by atoms with Crippen molar-refractivity contribution in [1.82, 2.24) is 14.5 Å². The average Bonchev–Trinajstić information content (AvgIpc) is 3.25. The number of carbonyl (C=O) groups is 1. The van der Waals surface area contributed by atoms with Crippen LogP contribution in [-0.4, -0.2) is 32.7 Å². The van der Waals surface area contributed by atoms with E-state index in [1.54, 1.807) is 35.2 Å². The molecular weight excluding hydrogens is 426 g/mol. The van der Waals surface area contributed by atoms with E-state index in [-0.39, 0.29) is 5.56 Å². The Morgan fingerprint density at radius 3 is 2.84 bits per heavy atom. The zero-order chi connectivity index (χ0) is 22.7. The Morgan fingerprint density at radius 1 is 1.28 bits per heavy atom. The van der Waals surface area contributed by atoms with E-state index in [1.165, 1.54) is 11.0 Å². The number of aromatic nitrogens is 2. The number of ether oxygens (including phenoxy) is 1. The summed E-state index contributed by atoms with van der Waals surface area (Å²) in [6, 6.07) is 9.27. The fraction of sp³-hybridized carbons (Fsp3) is 0.292. The topological polar surface area (TPSA) is 84.7 Å². The molecule has 0 aliphatic heterocycles. The number of hydrogen-bond donors (Lipinski definition) is 1. The molecule has 166 valence electrons. The van der Waals surface area contributed by atoms with Gasteiger partial charge in [0.25, 0.3) is 5.56 Å². The maximum absolute atomic E-state index is 12.7. The smallest absolute Gasteiger partial charge is 0.407 e. The van der Waals surface area contributed by atoms with Gasteiger partial charge in [0, 0.05) is 36.9 Å². The van der Waals surface area contributed by atoms with Crippen molar-refractivity contribution in [2.24, 2.45) is 0 Å². The van der Waals surface area contributed by atoms with Crippen LogP contribution in [0.1, 0.15) is 40.7 Å². The van der Waals surface area contributed by atoms with Crippen LogP contribution in [0, 0.1) is 0 Å². The summed E-state index contributed by atoms with van der Waals surface area (Å²) in [6.07, 6.45) is 5.24. The van der Waals surface area contributed by atoms with Gasteiger partial charge < -0.3 is 14.7 Å². The Hall–Kier alpha value is -3.39. The van der Waals surface area contributed by atoms with Crippen LogP contribution in [0.3, 0.4) is 0 Å². The van der Waals surface area contributed by atoms with Gasteiger partial charge in [-0.05, 0) is 48.1 Å². The van der Waals surface area contributed by atoms with E-state index < -0.39 is 6.09 Å². The first kappa shape index (κ1) is 21.8. The molecule has 7 nitrogen and oxygen atoms in total. The normalized spacial score (nSPS) is 12.8. The number of carboxylic acid groups (broad SMARTS) is 1. The highest BCUT2D eigenvalue weighted by atomic mass is 32.1. The number of hydrogen-bond acceptors (Lipinski definition) is 5. The lowest BCUT2D eigenvalue weighted by Gasteiger charge is -2.20. The van der Waals surface area contributed by atoms with E-state index in [2.05, 4.69) is 11.9 Å². The molecule has 8 heteroatoms. The van der Waals surface area contributed by atoms with Gasteiger partial charge in [-0.25, -0.2) is 9.78 Å². The lowest BCUT2D eigenvalue weighted by molar-refractivity contribution is 0.153. The molecule has 3 aromatic rings. The quantitative estimate of drug-likeness (QED) is 0.572. The van der Waals surface area contributed by atoms with Crippen LogP contribution < -0.4 is 10.3 Å². The molecule has 2 aromatic heterocycles. The third-order valence-corrected chi connectivity index (χ3v) is 6.46. The Bertz CT molecular complexity index is 1230. The van der Waals surface area contributed by atoms with Crippen LogP contribution in [0.25, 0.3) is 11.8 Å². The highest BCUT2D eigenvalue weighted by Gasteiger charge is 2.15. The first-order chi connectivity index (χ1) is 15.4. The molecule has 1 aliphatic rings. The summed E-state index contributed by atoms with van der Waals surface area (Å²) < 4.78 is 7.41. The second-order valence-corrected chi connectivity index (χ2v) is 8.70. The number of benzene rings is 1. The lowest BCUT2D eigenvalue weighted by Crippen LogP contribution is -2.24. The van der Waals surface area contributed by atoms with E-state index in [9.17, 15) is 9.59 Å². The van der Waals surface area contributed by atoms with Gasteiger partial charge >= 0.3 is 6.09 Å². The van der Waals surface area contributed by atoms with Gasteiger partial charge in [0.2, 0.25) is 0 Å². The monoisotopic (exact) mass is 451 g/mol. The second-order valence-electron chi connectivity index (χ2n) is 7.75. The van der Waals surface area contributed by atoms with Crippen molar-refractivity contribution < 1.29 is 14.6 Å². The summed E-state index contributed by atoms with van der Waals surface area (Å²) in [5.74, 6) is 0.529. The molecule has 1 aliphatic carbocycles. The average molecular weight is 452 g/mol. The van der Waals surface area contributed by atoms with Gasteiger partial charge in [0.1, 0.15) is 12.4 Å². The molecule has 32 heavy (non-hydrogen) atoms. The first-order valence-corrected chi connectivity index (χ1v) is 11.4. The van der Waals surface area contributed by atoms with Crippen molar-refractivity contribution in [1.29, 1.82) is 0 Å². The van der Waals surface area contributed by atoms with Crippen LogP contribution in [0.2, 0.25) is 0 Å². The number of fused-ring (bicyclic) bond motifs is 1. The molecule has 0 atom stereocenters. The summed E-state index contributed by atoms with van der Waals surface area (Å²) in [6.45, 7) is 2.76. The van der Waals surface area contributed by atoms with Crippen LogP contribution in [0.4, 0.5) is 4.79 Å². The van der Waals surface area contributed by atoms with E-state index in [4.69, 9.17) is 9.84 Å². The number of rotatable bonds is 7. The number of nitrogens with zero attached hydrogens (tertiary/aromatic N) is 3. The maximum atomic E-state index is 12.7. The molecule has 0 unspecified atom stereocenters. The fourth-order valence-corrected chi connectivity index (χ4v) is 4.41. The van der Waals surface area contributed by atoms with Gasteiger partial charge in [0.05, 0.1) is 10.7 Å². The summed E-state index contributed by atoms with van der Waals surface area (Å²) in [7, 11) is 1.55. The molecule has 1 amide bonds. The van der Waals surface area contributed by atoms with Gasteiger partial charge in [-0.2, -0.15) is 0 Å². The molecule has 1 aromatic carbocycles. The van der Waals surface area contributed by atoms with Crippen LogP contribution in [0.5, 0.6) is 5.75 Å². The van der Waals surface area contributed by atoms with Crippen molar-refractivity contribution in [3.8, 4) is 5.75 Å². The van der Waals surface area contributed by atoms with Gasteiger partial charge in [-0.1, -0.05) is 25.1 Å². The minimum Gasteiger partial charge on any atom is -0.487 e. The Labute approximate surface area is 190 Å². The number of pyridine rings is 1. The van der Waals surface area contributed by atoms with Crippen molar-refractivity contribution >= 4 is 29.2 Å². The number of amides is 1. The SMILES string of the molecule is CCc1nc(COc2ccn(C3=Cc4ccc(CN(C)C(=O)O)cc4CC3)c(=O)c2)cs1. The molecule has 4 rings (SSSR count). The fourth-order valence-electron chi connectivity index (χ4n) is 3.68. The summed E-state index contributed by atoms with van der Waals surface area (Å²) in [5, 5.41) is 12.1. The van der Waals surface area contributed by atoms with E-state index in [0.29, 0.717) is 18.9 Å². The minimum absolute atomic E-state index is 0.135. The molecule has 2 heterocycles. The molecule has 0 fully saturated rings. The minimum atomic E-state index is -0.950. The zero-order valence-electron chi connectivity index (χ0n) is 18.1. The predicted octanol–water partition coefficient (Wildman–Crippen LogP) is 4.50. The van der Waals surface area contributed by atoms with Gasteiger partial charge in [0.15, 0.2) is 0 Å². The van der Waals surface area contributed by atoms with E-state index >= 15 is 0 Å². The molecule has 0 radical (unpaired) electrons. The van der Waals surface area contributed by atoms with E-state index in [0.717, 1.165) is 52.4 Å². The molecule has 0 saturated heterocycles. The maximum Gasteiger partial charge on any atom is 0.407 e. The van der Waals surface area contributed by atoms with Crippen molar-refractivity contribution in [3.63, 3.8) is 0 Å². The van der Waals surface area contributed by atoms with E-state index in [1.807, 2.05) is 29.7 Å². The molecule has 0 saturated carbocycles. The first-order valence-electron chi connectivity index (χ1n) is 10.5. The zero-order valence-corrected chi connectivity index (χ0v) is 18.9. The summed E-state index contributed by atoms with van der Waals surface area (Å²) in [4.78, 5) is 29.5. The Balaban J connectivity index is 1.47. The molecular formula is C24H25N3O4S. The van der Waals surface area contributed by atoms with Crippen LogP contribution in [-0.2, 0) is 26.0 Å². The summed E-state index contributed by atoms with van der Waals surface area (Å²) >= 11 is 1.62. The number of thiazole rings is 1. The Morgan fingerprint density at radius 2 is 2.12 bits per heavy atom. The van der Waals surface area contributed by atoms with Crippen molar-refractivity contribution in [2.75, 3.05) is 7.05 Å². The third-order valence-electron chi connectivity index (χ3n) is 5.42. The number of allylic oxidation sites excluding steroid dienone is 1. The molecule has 0 spiro atoms. The van der Waals surface area contributed by atoms with Gasteiger partial charge in [-0.3, -0.25) is 9.36 Å². The van der Waals surface area contributed by atoms with Crippen LogP contribution in [0.15, 0.2) is 46.7 Å². The van der Waals surface area contributed by atoms with Crippen molar-refractivity contribution in [3.05, 3.63) is 79.7 Å². The lowest BCUT2D eigenvalue weighted by atomic mass is 9.93. The highest BCUT2D eigenvalue weighted by Crippen LogP contribution is 2.27. The second kappa shape index (κ2) is 9.40. The third kappa shape index (κ3) is 4.91. The summed E-state index contributed by atoms with van der Waals surface area (Å²) in [5.41, 5.74) is 4.83. The van der Waals surface area contributed by atoms with Crippen molar-refractivity contribution in [2.45, 2.75) is 39.3 Å². The molecule has 0 bridgehead atoms. The predicted molar refractivity (Wildman–Crippen MR) is 125 cm³/mol. The van der Waals surface area contributed by atoms with Gasteiger partial charge in [-0.15, -0.1) is 11.3 Å². The number of aryl methyl sites for hydroxylation is 2. The standard InChI is InChI=1S/C24H25N3O4S/c1-3-22-25-19(15-32-22)14-31-21-8-9-27(23(28)12-21)20-7-6-17-10-16(4-5-18(17)11-20)13-26(2)24(29)30/h4-5,8-12,15H,3,6-7,13-14H2,1-2H3,(H,29,30). The highest BCUT2D eigenvalue weighted by molar-refractivity contribution is 7.09. The Kier molecular flexibility index (Phi) is 6.41. The largest absolute Gasteiger partial charge is 0.487 e. The van der Waals surface area contributed by atoms with Crippen LogP contribution >= 0.6 is 11.3 Å². The molecule has 1 N–H and O–H groups in total.